The molecule has 2 heterocycles. The van der Waals surface area contributed by atoms with Gasteiger partial charge in [-0.3, -0.25) is 0 Å². The second kappa shape index (κ2) is 5.28. The van der Waals surface area contributed by atoms with Gasteiger partial charge in [0.25, 0.3) is 0 Å². The molecule has 1 N–H and O–H groups in total. The zero-order valence-corrected chi connectivity index (χ0v) is 10.6. The number of aliphatic hydroxyl groups excluding tert-OH is 1. The highest BCUT2D eigenvalue weighted by atomic mass is 16.5. The van der Waals surface area contributed by atoms with Crippen molar-refractivity contribution in [3.05, 3.63) is 48.2 Å². The molecule has 0 atom stereocenters. The van der Waals surface area contributed by atoms with Gasteiger partial charge in [0.05, 0.1) is 24.6 Å². The average molecular weight is 256 g/mol. The molecule has 1 aliphatic rings. The standard InChI is InChI=1S/C15H16N2O2/c18-11-12-5-3-8-15(16-12)17-9-4-10-19-14-7-2-1-6-13(14)17/h1-3,5-8,18H,4,9-11H2. The minimum absolute atomic E-state index is 0.0418. The number of para-hydroxylation sites is 2. The van der Waals surface area contributed by atoms with E-state index in [-0.39, 0.29) is 6.61 Å². The molecule has 19 heavy (non-hydrogen) atoms. The Hall–Kier alpha value is -2.07. The molecule has 0 bridgehead atoms. The lowest BCUT2D eigenvalue weighted by atomic mass is 10.2. The molecular weight excluding hydrogens is 240 g/mol. The van der Waals surface area contributed by atoms with Gasteiger partial charge in [0, 0.05) is 6.54 Å². The Bertz CT molecular complexity index is 572. The van der Waals surface area contributed by atoms with E-state index in [1.807, 2.05) is 42.5 Å². The normalized spacial score (nSPS) is 14.5. The van der Waals surface area contributed by atoms with Gasteiger partial charge in [-0.2, -0.15) is 0 Å². The molecule has 4 heteroatoms. The summed E-state index contributed by atoms with van der Waals surface area (Å²) in [7, 11) is 0. The molecule has 1 aromatic heterocycles. The molecule has 98 valence electrons. The highest BCUT2D eigenvalue weighted by Gasteiger charge is 2.18. The van der Waals surface area contributed by atoms with Crippen molar-refractivity contribution >= 4 is 11.5 Å². The largest absolute Gasteiger partial charge is 0.491 e. The van der Waals surface area contributed by atoms with Crippen LogP contribution in [0.1, 0.15) is 12.1 Å². The molecule has 0 fully saturated rings. The number of nitrogens with zero attached hydrogens (tertiary/aromatic N) is 2. The molecule has 2 aromatic rings. The minimum Gasteiger partial charge on any atom is -0.491 e. The van der Waals surface area contributed by atoms with Crippen LogP contribution in [0.4, 0.5) is 11.5 Å². The van der Waals surface area contributed by atoms with Gasteiger partial charge in [0.15, 0.2) is 0 Å². The second-order valence-electron chi connectivity index (χ2n) is 4.47. The fraction of sp³-hybridized carbons (Fsp3) is 0.267. The van der Waals surface area contributed by atoms with Crippen molar-refractivity contribution in [1.29, 1.82) is 0 Å². The van der Waals surface area contributed by atoms with E-state index in [1.165, 1.54) is 0 Å². The molecule has 0 amide bonds. The molecule has 0 saturated heterocycles. The first-order valence-corrected chi connectivity index (χ1v) is 6.44. The van der Waals surface area contributed by atoms with Gasteiger partial charge in [-0.1, -0.05) is 18.2 Å². The van der Waals surface area contributed by atoms with Gasteiger partial charge in [0.1, 0.15) is 11.6 Å². The number of fused-ring (bicyclic) bond motifs is 1. The smallest absolute Gasteiger partial charge is 0.142 e. The van der Waals surface area contributed by atoms with Crippen LogP contribution in [0.2, 0.25) is 0 Å². The van der Waals surface area contributed by atoms with Gasteiger partial charge in [0.2, 0.25) is 0 Å². The van der Waals surface area contributed by atoms with Crippen LogP contribution in [0.5, 0.6) is 5.75 Å². The lowest BCUT2D eigenvalue weighted by Crippen LogP contribution is -2.19. The van der Waals surface area contributed by atoms with Crippen LogP contribution in [0.3, 0.4) is 0 Å². The Morgan fingerprint density at radius 1 is 1.16 bits per heavy atom. The molecule has 1 aliphatic heterocycles. The van der Waals surface area contributed by atoms with Gasteiger partial charge < -0.3 is 14.7 Å². The number of aromatic nitrogens is 1. The third-order valence-electron chi connectivity index (χ3n) is 3.17. The van der Waals surface area contributed by atoms with E-state index in [9.17, 15) is 5.11 Å². The van der Waals surface area contributed by atoms with E-state index in [0.29, 0.717) is 12.3 Å². The molecule has 0 radical (unpaired) electrons. The van der Waals surface area contributed by atoms with Crippen molar-refractivity contribution in [1.82, 2.24) is 4.98 Å². The van der Waals surface area contributed by atoms with E-state index in [0.717, 1.165) is 30.2 Å². The topological polar surface area (TPSA) is 45.6 Å². The van der Waals surface area contributed by atoms with Crippen molar-refractivity contribution in [3.63, 3.8) is 0 Å². The summed E-state index contributed by atoms with van der Waals surface area (Å²) < 4.78 is 5.74. The highest BCUT2D eigenvalue weighted by molar-refractivity contribution is 5.67. The number of anilines is 2. The van der Waals surface area contributed by atoms with Crippen molar-refractivity contribution in [2.45, 2.75) is 13.0 Å². The van der Waals surface area contributed by atoms with Crippen molar-refractivity contribution < 1.29 is 9.84 Å². The summed E-state index contributed by atoms with van der Waals surface area (Å²) in [6, 6.07) is 13.7. The van der Waals surface area contributed by atoms with Crippen LogP contribution in [-0.4, -0.2) is 23.2 Å². The maximum atomic E-state index is 9.21. The Morgan fingerprint density at radius 3 is 2.95 bits per heavy atom. The number of hydrogen-bond donors (Lipinski definition) is 1. The highest BCUT2D eigenvalue weighted by Crippen LogP contribution is 2.34. The van der Waals surface area contributed by atoms with Crippen molar-refractivity contribution in [3.8, 4) is 5.75 Å². The van der Waals surface area contributed by atoms with Gasteiger partial charge in [-0.15, -0.1) is 0 Å². The van der Waals surface area contributed by atoms with Crippen molar-refractivity contribution in [2.75, 3.05) is 18.1 Å². The summed E-state index contributed by atoms with van der Waals surface area (Å²) in [5, 5.41) is 9.21. The number of hydrogen-bond acceptors (Lipinski definition) is 4. The third kappa shape index (κ3) is 2.39. The number of benzene rings is 1. The van der Waals surface area contributed by atoms with Crippen LogP contribution in [-0.2, 0) is 6.61 Å². The van der Waals surface area contributed by atoms with E-state index in [2.05, 4.69) is 9.88 Å². The van der Waals surface area contributed by atoms with Crippen LogP contribution in [0, 0.1) is 0 Å². The lowest BCUT2D eigenvalue weighted by molar-refractivity contribution is 0.277. The molecule has 0 unspecified atom stereocenters. The lowest BCUT2D eigenvalue weighted by Gasteiger charge is -2.23. The molecule has 0 saturated carbocycles. The van der Waals surface area contributed by atoms with Crippen LogP contribution >= 0.6 is 0 Å². The zero-order valence-electron chi connectivity index (χ0n) is 10.6. The molecule has 0 aliphatic carbocycles. The molecule has 1 aromatic carbocycles. The second-order valence-corrected chi connectivity index (χ2v) is 4.47. The average Bonchev–Trinajstić information content (AvgIpc) is 2.69. The van der Waals surface area contributed by atoms with Gasteiger partial charge in [-0.05, 0) is 30.7 Å². The minimum atomic E-state index is -0.0418. The molecule has 0 spiro atoms. The Morgan fingerprint density at radius 2 is 2.05 bits per heavy atom. The maximum absolute atomic E-state index is 9.21. The first-order chi connectivity index (χ1) is 9.38. The first-order valence-electron chi connectivity index (χ1n) is 6.44. The monoisotopic (exact) mass is 256 g/mol. The predicted molar refractivity (Wildman–Crippen MR) is 73.7 cm³/mol. The fourth-order valence-corrected chi connectivity index (χ4v) is 2.27. The van der Waals surface area contributed by atoms with E-state index in [4.69, 9.17) is 4.74 Å². The SMILES string of the molecule is OCc1cccc(N2CCCOc3ccccc32)n1. The number of ether oxygens (including phenoxy) is 1. The summed E-state index contributed by atoms with van der Waals surface area (Å²) in [5.74, 6) is 1.74. The van der Waals surface area contributed by atoms with Crippen molar-refractivity contribution in [2.24, 2.45) is 0 Å². The molecule has 3 rings (SSSR count). The Balaban J connectivity index is 2.03. The quantitative estimate of drug-likeness (QED) is 0.896. The summed E-state index contributed by atoms with van der Waals surface area (Å²) in [6.07, 6.45) is 0.944. The van der Waals surface area contributed by atoms with Crippen LogP contribution in [0.15, 0.2) is 42.5 Å². The van der Waals surface area contributed by atoms with E-state index >= 15 is 0 Å². The number of aliphatic hydroxyl groups is 1. The Kier molecular flexibility index (Phi) is 3.33. The van der Waals surface area contributed by atoms with Crippen LogP contribution < -0.4 is 9.64 Å². The van der Waals surface area contributed by atoms with E-state index in [1.54, 1.807) is 0 Å². The van der Waals surface area contributed by atoms with E-state index < -0.39 is 0 Å². The number of pyridine rings is 1. The van der Waals surface area contributed by atoms with Gasteiger partial charge in [-0.25, -0.2) is 4.98 Å². The number of rotatable bonds is 2. The summed E-state index contributed by atoms with van der Waals surface area (Å²) in [5.41, 5.74) is 1.71. The maximum Gasteiger partial charge on any atom is 0.142 e. The first kappa shape index (κ1) is 12.0. The molecular formula is C15H16N2O2. The summed E-state index contributed by atoms with van der Waals surface area (Å²) in [6.45, 7) is 1.53. The molecule has 4 nitrogen and oxygen atoms in total. The Labute approximate surface area is 112 Å². The third-order valence-corrected chi connectivity index (χ3v) is 3.17. The van der Waals surface area contributed by atoms with Crippen LogP contribution in [0.25, 0.3) is 0 Å². The summed E-state index contributed by atoms with van der Waals surface area (Å²) in [4.78, 5) is 6.62. The fourth-order valence-electron chi connectivity index (χ4n) is 2.27. The zero-order chi connectivity index (χ0) is 13.1. The summed E-state index contributed by atoms with van der Waals surface area (Å²) >= 11 is 0. The van der Waals surface area contributed by atoms with Gasteiger partial charge >= 0.3 is 0 Å². The predicted octanol–water partition coefficient (Wildman–Crippen LogP) is 2.49.